The van der Waals surface area contributed by atoms with Crippen LogP contribution in [0.4, 0.5) is 0 Å². The highest BCUT2D eigenvalue weighted by Gasteiger charge is 2.23. The van der Waals surface area contributed by atoms with E-state index in [4.69, 9.17) is 0 Å². The fourth-order valence-electron chi connectivity index (χ4n) is 1.04. The molecule has 0 spiro atoms. The highest BCUT2D eigenvalue weighted by atomic mass is 16.2. The zero-order valence-corrected chi connectivity index (χ0v) is 11.3. The SMILES string of the molecule is C=CCNC(=O)C(C)NCC(C)(C)C(C)C. The predicted octanol–water partition coefficient (Wildman–Crippen LogP) is 1.95. The molecule has 0 aliphatic heterocycles. The van der Waals surface area contributed by atoms with Crippen LogP contribution in [0.2, 0.25) is 0 Å². The first-order valence-corrected chi connectivity index (χ1v) is 5.93. The molecule has 0 heterocycles. The van der Waals surface area contributed by atoms with Crippen molar-refractivity contribution in [1.29, 1.82) is 0 Å². The molecule has 2 N–H and O–H groups in total. The molecule has 0 aromatic rings. The number of rotatable bonds is 7. The van der Waals surface area contributed by atoms with E-state index in [1.807, 2.05) is 6.92 Å². The van der Waals surface area contributed by atoms with Crippen molar-refractivity contribution >= 4 is 5.91 Å². The van der Waals surface area contributed by atoms with Crippen molar-refractivity contribution < 1.29 is 4.79 Å². The van der Waals surface area contributed by atoms with E-state index < -0.39 is 0 Å². The molecule has 94 valence electrons. The van der Waals surface area contributed by atoms with Crippen molar-refractivity contribution in [1.82, 2.24) is 10.6 Å². The van der Waals surface area contributed by atoms with Crippen LogP contribution in [0.3, 0.4) is 0 Å². The molecular formula is C13H26N2O. The lowest BCUT2D eigenvalue weighted by atomic mass is 9.81. The highest BCUT2D eigenvalue weighted by Crippen LogP contribution is 2.24. The summed E-state index contributed by atoms with van der Waals surface area (Å²) in [5.41, 5.74) is 0.201. The number of hydrogen-bond donors (Lipinski definition) is 2. The molecular weight excluding hydrogens is 200 g/mol. The zero-order chi connectivity index (χ0) is 12.8. The summed E-state index contributed by atoms with van der Waals surface area (Å²) >= 11 is 0. The summed E-state index contributed by atoms with van der Waals surface area (Å²) in [7, 11) is 0. The van der Waals surface area contributed by atoms with Crippen molar-refractivity contribution in [2.45, 2.75) is 40.7 Å². The van der Waals surface area contributed by atoms with E-state index in [2.05, 4.69) is 44.9 Å². The van der Waals surface area contributed by atoms with Crippen LogP contribution in [-0.2, 0) is 4.79 Å². The van der Waals surface area contributed by atoms with Gasteiger partial charge in [-0.15, -0.1) is 6.58 Å². The monoisotopic (exact) mass is 226 g/mol. The summed E-state index contributed by atoms with van der Waals surface area (Å²) in [6.45, 7) is 15.6. The van der Waals surface area contributed by atoms with Gasteiger partial charge >= 0.3 is 0 Å². The molecule has 0 aromatic carbocycles. The Hall–Kier alpha value is -0.830. The van der Waals surface area contributed by atoms with Crippen LogP contribution < -0.4 is 10.6 Å². The fourth-order valence-corrected chi connectivity index (χ4v) is 1.04. The molecule has 0 rings (SSSR count). The van der Waals surface area contributed by atoms with Gasteiger partial charge in [0.15, 0.2) is 0 Å². The maximum absolute atomic E-state index is 11.6. The fraction of sp³-hybridized carbons (Fsp3) is 0.769. The van der Waals surface area contributed by atoms with Crippen LogP contribution in [0, 0.1) is 11.3 Å². The van der Waals surface area contributed by atoms with Gasteiger partial charge in [0.05, 0.1) is 6.04 Å². The van der Waals surface area contributed by atoms with Crippen LogP contribution in [-0.4, -0.2) is 25.0 Å². The van der Waals surface area contributed by atoms with Gasteiger partial charge in [-0.1, -0.05) is 33.8 Å². The Morgan fingerprint density at radius 1 is 1.38 bits per heavy atom. The van der Waals surface area contributed by atoms with Gasteiger partial charge in [0.1, 0.15) is 0 Å². The van der Waals surface area contributed by atoms with Gasteiger partial charge in [-0.25, -0.2) is 0 Å². The van der Waals surface area contributed by atoms with E-state index in [1.54, 1.807) is 6.08 Å². The molecule has 0 saturated heterocycles. The third-order valence-electron chi connectivity index (χ3n) is 3.24. The topological polar surface area (TPSA) is 41.1 Å². The van der Waals surface area contributed by atoms with Gasteiger partial charge < -0.3 is 10.6 Å². The zero-order valence-electron chi connectivity index (χ0n) is 11.3. The largest absolute Gasteiger partial charge is 0.351 e. The second-order valence-corrected chi connectivity index (χ2v) is 5.28. The van der Waals surface area contributed by atoms with E-state index in [9.17, 15) is 4.79 Å². The normalized spacial score (nSPS) is 13.6. The Morgan fingerprint density at radius 3 is 2.38 bits per heavy atom. The minimum atomic E-state index is -0.155. The quantitative estimate of drug-likeness (QED) is 0.651. The van der Waals surface area contributed by atoms with Crippen molar-refractivity contribution in [2.75, 3.05) is 13.1 Å². The van der Waals surface area contributed by atoms with Crippen LogP contribution in [0.25, 0.3) is 0 Å². The Morgan fingerprint density at radius 2 is 1.94 bits per heavy atom. The van der Waals surface area contributed by atoms with E-state index >= 15 is 0 Å². The van der Waals surface area contributed by atoms with Crippen molar-refractivity contribution in [3.05, 3.63) is 12.7 Å². The number of carbonyl (C=O) groups excluding carboxylic acids is 1. The third kappa shape index (κ3) is 5.31. The molecule has 0 saturated carbocycles. The summed E-state index contributed by atoms with van der Waals surface area (Å²) in [4.78, 5) is 11.6. The Labute approximate surface area is 99.7 Å². The molecule has 1 atom stereocenters. The summed E-state index contributed by atoms with van der Waals surface area (Å²) in [6, 6.07) is -0.155. The van der Waals surface area contributed by atoms with E-state index in [0.717, 1.165) is 6.54 Å². The second-order valence-electron chi connectivity index (χ2n) is 5.28. The lowest BCUT2D eigenvalue weighted by molar-refractivity contribution is -0.122. The Balaban J connectivity index is 4.01. The summed E-state index contributed by atoms with van der Waals surface area (Å²) in [6.07, 6.45) is 1.68. The summed E-state index contributed by atoms with van der Waals surface area (Å²) in [5.74, 6) is 0.614. The molecule has 0 bridgehead atoms. The van der Waals surface area contributed by atoms with Gasteiger partial charge in [-0.05, 0) is 18.3 Å². The number of carbonyl (C=O) groups is 1. The maximum Gasteiger partial charge on any atom is 0.237 e. The average Bonchev–Trinajstić information content (AvgIpc) is 2.22. The van der Waals surface area contributed by atoms with Gasteiger partial charge in [-0.2, -0.15) is 0 Å². The van der Waals surface area contributed by atoms with Gasteiger partial charge in [0, 0.05) is 13.1 Å². The lowest BCUT2D eigenvalue weighted by Crippen LogP contribution is -2.46. The highest BCUT2D eigenvalue weighted by molar-refractivity contribution is 5.81. The molecule has 0 aliphatic rings. The van der Waals surface area contributed by atoms with Crippen molar-refractivity contribution in [2.24, 2.45) is 11.3 Å². The van der Waals surface area contributed by atoms with Crippen LogP contribution in [0.1, 0.15) is 34.6 Å². The minimum absolute atomic E-state index is 0.0273. The van der Waals surface area contributed by atoms with E-state index in [1.165, 1.54) is 0 Å². The molecule has 3 heteroatoms. The number of nitrogens with one attached hydrogen (secondary N) is 2. The van der Waals surface area contributed by atoms with Crippen LogP contribution in [0.15, 0.2) is 12.7 Å². The predicted molar refractivity (Wildman–Crippen MR) is 69.3 cm³/mol. The van der Waals surface area contributed by atoms with Crippen LogP contribution >= 0.6 is 0 Å². The number of amides is 1. The first kappa shape index (κ1) is 15.2. The summed E-state index contributed by atoms with van der Waals surface area (Å²) in [5, 5.41) is 6.04. The molecule has 1 amide bonds. The smallest absolute Gasteiger partial charge is 0.237 e. The average molecular weight is 226 g/mol. The Kier molecular flexibility index (Phi) is 6.34. The third-order valence-corrected chi connectivity index (χ3v) is 3.24. The Bertz CT molecular complexity index is 234. The molecule has 1 unspecified atom stereocenters. The molecule has 16 heavy (non-hydrogen) atoms. The van der Waals surface area contributed by atoms with Gasteiger partial charge in [0.2, 0.25) is 5.91 Å². The molecule has 0 fully saturated rings. The van der Waals surface area contributed by atoms with Gasteiger partial charge in [-0.3, -0.25) is 4.79 Å². The lowest BCUT2D eigenvalue weighted by Gasteiger charge is -2.30. The standard InChI is InChI=1S/C13H26N2O/c1-7-8-14-12(16)11(4)15-9-13(5,6)10(2)3/h7,10-11,15H,1,8-9H2,2-6H3,(H,14,16). The van der Waals surface area contributed by atoms with Crippen molar-refractivity contribution in [3.63, 3.8) is 0 Å². The first-order valence-electron chi connectivity index (χ1n) is 5.93. The molecule has 0 aliphatic carbocycles. The molecule has 3 nitrogen and oxygen atoms in total. The first-order chi connectivity index (χ1) is 7.31. The van der Waals surface area contributed by atoms with Crippen LogP contribution in [0.5, 0.6) is 0 Å². The van der Waals surface area contributed by atoms with Crippen molar-refractivity contribution in [3.8, 4) is 0 Å². The van der Waals surface area contributed by atoms with E-state index in [0.29, 0.717) is 12.5 Å². The second kappa shape index (κ2) is 6.69. The molecule has 0 aromatic heterocycles. The molecule has 0 radical (unpaired) electrons. The summed E-state index contributed by atoms with van der Waals surface area (Å²) < 4.78 is 0. The van der Waals surface area contributed by atoms with Gasteiger partial charge in [0.25, 0.3) is 0 Å². The van der Waals surface area contributed by atoms with E-state index in [-0.39, 0.29) is 17.4 Å². The minimum Gasteiger partial charge on any atom is -0.351 e. The number of hydrogen-bond acceptors (Lipinski definition) is 2. The maximum atomic E-state index is 11.6.